The van der Waals surface area contributed by atoms with Crippen molar-refractivity contribution in [3.8, 4) is 0 Å². The Bertz CT molecular complexity index is 341. The summed E-state index contributed by atoms with van der Waals surface area (Å²) in [5.41, 5.74) is 0.580. The zero-order valence-electron chi connectivity index (χ0n) is 6.61. The quantitative estimate of drug-likeness (QED) is 0.319. The predicted octanol–water partition coefficient (Wildman–Crippen LogP) is 0.873. The second-order valence-electron chi connectivity index (χ2n) is 2.01. The molecule has 6 heteroatoms. The summed E-state index contributed by atoms with van der Waals surface area (Å²) >= 11 is 26.8. The van der Waals surface area contributed by atoms with Crippen LogP contribution in [0.3, 0.4) is 0 Å². The molecular formula is C7H2Cl3LiS2. The van der Waals surface area contributed by atoms with Gasteiger partial charge in [-0.1, -0.05) is 40.9 Å². The third-order valence-corrected chi connectivity index (χ3v) is 2.99. The number of hydrogen-bond acceptors (Lipinski definition) is 2. The molecule has 0 aliphatic carbocycles. The van der Waals surface area contributed by atoms with E-state index in [1.165, 1.54) is 0 Å². The average Bonchev–Trinajstić information content (AvgIpc) is 2.00. The van der Waals surface area contributed by atoms with E-state index in [0.717, 1.165) is 0 Å². The van der Waals surface area contributed by atoms with Gasteiger partial charge in [-0.15, -0.1) is 4.20 Å². The van der Waals surface area contributed by atoms with Crippen molar-refractivity contribution in [1.82, 2.24) is 0 Å². The first-order chi connectivity index (χ1) is 5.54. The van der Waals surface area contributed by atoms with E-state index >= 15 is 0 Å². The van der Waals surface area contributed by atoms with E-state index in [1.54, 1.807) is 12.1 Å². The van der Waals surface area contributed by atoms with Gasteiger partial charge in [0.25, 0.3) is 0 Å². The molecule has 0 bridgehead atoms. The summed E-state index contributed by atoms with van der Waals surface area (Å²) in [6.45, 7) is 0. The maximum absolute atomic E-state index is 5.82. The van der Waals surface area contributed by atoms with Crippen molar-refractivity contribution >= 4 is 63.8 Å². The molecule has 0 aliphatic rings. The smallest absolute Gasteiger partial charge is 0.428 e. The second-order valence-corrected chi connectivity index (χ2v) is 4.25. The van der Waals surface area contributed by atoms with Gasteiger partial charge in [-0.25, -0.2) is 0 Å². The molecule has 13 heavy (non-hydrogen) atoms. The fourth-order valence-corrected chi connectivity index (χ4v) is 1.77. The van der Waals surface area contributed by atoms with Gasteiger partial charge in [0, 0.05) is 0 Å². The summed E-state index contributed by atoms with van der Waals surface area (Å²) in [6.07, 6.45) is 0. The van der Waals surface area contributed by atoms with Crippen LogP contribution in [0.25, 0.3) is 0 Å². The van der Waals surface area contributed by atoms with Gasteiger partial charge >= 0.3 is 18.9 Å². The SMILES string of the molecule is S=C([S-])c1ccc(Cl)c(Cl)c1Cl.[Li+]. The van der Waals surface area contributed by atoms with Gasteiger partial charge in [0.15, 0.2) is 0 Å². The molecule has 0 spiro atoms. The summed E-state index contributed by atoms with van der Waals surface area (Å²) in [7, 11) is 0. The first-order valence-electron chi connectivity index (χ1n) is 2.89. The summed E-state index contributed by atoms with van der Waals surface area (Å²) in [5, 5.41) is 1.02. The van der Waals surface area contributed by atoms with Crippen molar-refractivity contribution in [2.24, 2.45) is 0 Å². The topological polar surface area (TPSA) is 0 Å². The van der Waals surface area contributed by atoms with Gasteiger partial charge < -0.3 is 24.8 Å². The van der Waals surface area contributed by atoms with Crippen LogP contribution < -0.4 is 18.9 Å². The third-order valence-electron chi connectivity index (χ3n) is 1.26. The van der Waals surface area contributed by atoms with Gasteiger partial charge in [-0.05, 0) is 11.6 Å². The van der Waals surface area contributed by atoms with Crippen molar-refractivity contribution in [2.45, 2.75) is 0 Å². The molecule has 0 saturated heterocycles. The van der Waals surface area contributed by atoms with Crippen LogP contribution in [0.5, 0.6) is 0 Å². The van der Waals surface area contributed by atoms with Crippen molar-refractivity contribution in [3.05, 3.63) is 32.8 Å². The zero-order valence-corrected chi connectivity index (χ0v) is 10.5. The number of halogens is 3. The molecule has 0 amide bonds. The molecule has 0 unspecified atom stereocenters. The van der Waals surface area contributed by atoms with Gasteiger partial charge in [0.05, 0.1) is 15.1 Å². The van der Waals surface area contributed by atoms with E-state index in [1.807, 2.05) is 0 Å². The van der Waals surface area contributed by atoms with Crippen molar-refractivity contribution in [2.75, 3.05) is 0 Å². The molecule has 1 aromatic rings. The van der Waals surface area contributed by atoms with Crippen LogP contribution in [0.15, 0.2) is 12.1 Å². The van der Waals surface area contributed by atoms with Crippen molar-refractivity contribution in [1.29, 1.82) is 0 Å². The Morgan fingerprint density at radius 3 is 2.15 bits per heavy atom. The summed E-state index contributed by atoms with van der Waals surface area (Å²) in [6, 6.07) is 3.27. The Hall–Kier alpha value is 0.997. The standard InChI is InChI=1S/C7H3Cl3S2.Li/c8-4-2-1-3(7(11)12)5(9)6(4)10;/h1-2H,(H,11,12);/q;+1/p-1. The molecule has 0 saturated carbocycles. The minimum absolute atomic E-state index is 0. The van der Waals surface area contributed by atoms with Crippen LogP contribution in [0, 0.1) is 0 Å². The van der Waals surface area contributed by atoms with Crippen LogP contribution in [-0.4, -0.2) is 4.20 Å². The molecule has 1 rings (SSSR count). The Morgan fingerprint density at radius 2 is 1.69 bits per heavy atom. The normalized spacial score (nSPS) is 9.15. The third kappa shape index (κ3) is 3.25. The number of rotatable bonds is 1. The monoisotopic (exact) mass is 262 g/mol. The predicted molar refractivity (Wildman–Crippen MR) is 60.5 cm³/mol. The molecule has 0 heterocycles. The van der Waals surface area contributed by atoms with Crippen molar-refractivity contribution < 1.29 is 18.9 Å². The zero-order chi connectivity index (χ0) is 9.30. The fourth-order valence-electron chi connectivity index (χ4n) is 0.684. The van der Waals surface area contributed by atoms with Crippen molar-refractivity contribution in [3.63, 3.8) is 0 Å². The maximum Gasteiger partial charge on any atom is 1.00 e. The van der Waals surface area contributed by atoms with Crippen LogP contribution in [0.2, 0.25) is 15.1 Å². The van der Waals surface area contributed by atoms with Gasteiger partial charge in [-0.3, -0.25) is 0 Å². The van der Waals surface area contributed by atoms with E-state index in [0.29, 0.717) is 24.8 Å². The van der Waals surface area contributed by atoms with Crippen LogP contribution in [-0.2, 0) is 12.6 Å². The fraction of sp³-hybridized carbons (Fsp3) is 0. The number of thiocarbonyl (C=S) groups is 1. The average molecular weight is 264 g/mol. The molecule has 64 valence electrons. The Balaban J connectivity index is 0.00000144. The molecule has 0 radical (unpaired) electrons. The Kier molecular flexibility index (Phi) is 6.22. The summed E-state index contributed by atoms with van der Waals surface area (Å²) in [4.78, 5) is 0. The molecular weight excluding hydrogens is 262 g/mol. The largest absolute Gasteiger partial charge is 1.00 e. The number of benzene rings is 1. The molecule has 0 nitrogen and oxygen atoms in total. The number of hydrogen-bond donors (Lipinski definition) is 0. The molecule has 1 aromatic carbocycles. The van der Waals surface area contributed by atoms with E-state index in [9.17, 15) is 0 Å². The van der Waals surface area contributed by atoms with Crippen LogP contribution >= 0.6 is 47.0 Å². The first kappa shape index (κ1) is 14.0. The van der Waals surface area contributed by atoms with Crippen LogP contribution in [0.1, 0.15) is 5.56 Å². The minimum Gasteiger partial charge on any atom is -0.428 e. The maximum atomic E-state index is 5.82. The molecule has 0 aromatic heterocycles. The van der Waals surface area contributed by atoms with E-state index in [-0.39, 0.29) is 18.9 Å². The summed E-state index contributed by atoms with van der Waals surface area (Å²) < 4.78 is 0.290. The Labute approximate surface area is 115 Å². The Morgan fingerprint density at radius 1 is 1.15 bits per heavy atom. The molecule has 0 atom stereocenters. The van der Waals surface area contributed by atoms with E-state index in [4.69, 9.17) is 59.6 Å². The van der Waals surface area contributed by atoms with Gasteiger partial charge in [0.2, 0.25) is 0 Å². The second kappa shape index (κ2) is 5.78. The first-order valence-corrected chi connectivity index (χ1v) is 4.84. The molecule has 0 fully saturated rings. The van der Waals surface area contributed by atoms with E-state index in [2.05, 4.69) is 0 Å². The van der Waals surface area contributed by atoms with E-state index < -0.39 is 0 Å². The van der Waals surface area contributed by atoms with Crippen LogP contribution in [0.4, 0.5) is 0 Å². The van der Waals surface area contributed by atoms with Gasteiger partial charge in [0.1, 0.15) is 0 Å². The summed E-state index contributed by atoms with van der Waals surface area (Å²) in [5.74, 6) is 0. The minimum atomic E-state index is 0. The molecule has 0 N–H and O–H groups in total. The van der Waals surface area contributed by atoms with Gasteiger partial charge in [-0.2, -0.15) is 0 Å². The molecule has 0 aliphatic heterocycles.